The van der Waals surface area contributed by atoms with Gasteiger partial charge in [0.25, 0.3) is 0 Å². The molecule has 0 aliphatic heterocycles. The molecule has 0 fully saturated rings. The second-order valence-corrected chi connectivity index (χ2v) is 18.0. The third-order valence-electron chi connectivity index (χ3n) is 14.2. The molecule has 0 unspecified atom stereocenters. The quantitative estimate of drug-likeness (QED) is 0.140. The Morgan fingerprint density at radius 1 is 0.290 bits per heavy atom. The highest BCUT2D eigenvalue weighted by atomic mass is 15.1. The lowest BCUT2D eigenvalue weighted by Gasteiger charge is -2.34. The van der Waals surface area contributed by atoms with E-state index < -0.39 is 5.41 Å². The molecular formula is C67H46N2. The largest absolute Gasteiger partial charge is 0.310 e. The minimum atomic E-state index is -0.498. The maximum Gasteiger partial charge on any atom is 0.0714 e. The van der Waals surface area contributed by atoms with E-state index in [9.17, 15) is 0 Å². The number of aromatic nitrogens is 1. The summed E-state index contributed by atoms with van der Waals surface area (Å²) in [5.74, 6) is 0. The molecule has 11 aromatic carbocycles. The van der Waals surface area contributed by atoms with Gasteiger partial charge >= 0.3 is 0 Å². The number of hydrogen-bond acceptors (Lipinski definition) is 1. The van der Waals surface area contributed by atoms with Gasteiger partial charge in [0.15, 0.2) is 0 Å². The predicted octanol–water partition coefficient (Wildman–Crippen LogP) is 17.6. The molecule has 0 amide bonds. The molecule has 2 heteroatoms. The highest BCUT2D eigenvalue weighted by molar-refractivity contribution is 6.11. The van der Waals surface area contributed by atoms with Crippen molar-refractivity contribution in [3.05, 3.63) is 301 Å². The van der Waals surface area contributed by atoms with E-state index in [1.54, 1.807) is 0 Å². The molecule has 2 nitrogen and oxygen atoms in total. The zero-order valence-corrected chi connectivity index (χ0v) is 38.0. The number of anilines is 3. The molecular weight excluding hydrogens is 833 g/mol. The van der Waals surface area contributed by atoms with Gasteiger partial charge in [0.2, 0.25) is 0 Å². The molecule has 12 aromatic rings. The maximum absolute atomic E-state index is 2.52. The molecule has 0 N–H and O–H groups in total. The van der Waals surface area contributed by atoms with Crippen molar-refractivity contribution < 1.29 is 0 Å². The molecule has 1 aromatic heterocycles. The fourth-order valence-corrected chi connectivity index (χ4v) is 11.3. The monoisotopic (exact) mass is 878 g/mol. The van der Waals surface area contributed by atoms with Crippen molar-refractivity contribution in [1.29, 1.82) is 0 Å². The van der Waals surface area contributed by atoms with Crippen LogP contribution in [0.2, 0.25) is 0 Å². The van der Waals surface area contributed by atoms with E-state index in [0.717, 1.165) is 28.2 Å². The summed E-state index contributed by atoms with van der Waals surface area (Å²) in [5.41, 5.74) is 21.0. The van der Waals surface area contributed by atoms with Gasteiger partial charge in [-0.1, -0.05) is 224 Å². The third kappa shape index (κ3) is 6.64. The number of fused-ring (bicyclic) bond motifs is 6. The first kappa shape index (κ1) is 40.3. The zero-order valence-electron chi connectivity index (χ0n) is 38.0. The van der Waals surface area contributed by atoms with Gasteiger partial charge in [-0.05, 0) is 116 Å². The predicted molar refractivity (Wildman–Crippen MR) is 289 cm³/mol. The summed E-state index contributed by atoms with van der Waals surface area (Å²) in [6.45, 7) is 0. The van der Waals surface area contributed by atoms with Gasteiger partial charge in [-0.3, -0.25) is 0 Å². The maximum atomic E-state index is 2.52. The summed E-state index contributed by atoms with van der Waals surface area (Å²) < 4.78 is 2.52. The third-order valence-corrected chi connectivity index (χ3v) is 14.2. The van der Waals surface area contributed by atoms with E-state index in [-0.39, 0.29) is 0 Å². The van der Waals surface area contributed by atoms with Gasteiger partial charge in [0.05, 0.1) is 22.1 Å². The summed E-state index contributed by atoms with van der Waals surface area (Å²) in [5, 5.41) is 2.46. The minimum absolute atomic E-state index is 0.498. The topological polar surface area (TPSA) is 8.17 Å². The van der Waals surface area contributed by atoms with Gasteiger partial charge in [0.1, 0.15) is 0 Å². The van der Waals surface area contributed by atoms with Crippen LogP contribution >= 0.6 is 0 Å². The molecule has 324 valence electrons. The van der Waals surface area contributed by atoms with Crippen LogP contribution in [0.1, 0.15) is 22.3 Å². The molecule has 0 radical (unpaired) electrons. The number of hydrogen-bond donors (Lipinski definition) is 0. The molecule has 69 heavy (non-hydrogen) atoms. The molecule has 0 saturated carbocycles. The highest BCUT2D eigenvalue weighted by Crippen LogP contribution is 2.58. The molecule has 1 aliphatic rings. The summed E-state index contributed by atoms with van der Waals surface area (Å²) in [6, 6.07) is 102. The van der Waals surface area contributed by atoms with Crippen LogP contribution < -0.4 is 4.90 Å². The van der Waals surface area contributed by atoms with E-state index in [1.807, 2.05) is 0 Å². The van der Waals surface area contributed by atoms with Crippen molar-refractivity contribution >= 4 is 38.9 Å². The first-order valence-electron chi connectivity index (χ1n) is 23.8. The Hall–Kier alpha value is -8.98. The second-order valence-electron chi connectivity index (χ2n) is 18.0. The van der Waals surface area contributed by atoms with Crippen LogP contribution in [0.5, 0.6) is 0 Å². The Morgan fingerprint density at radius 2 is 0.725 bits per heavy atom. The molecule has 13 rings (SSSR count). The normalized spacial score (nSPS) is 12.5. The van der Waals surface area contributed by atoms with Crippen LogP contribution in [-0.2, 0) is 5.41 Å². The van der Waals surface area contributed by atoms with Gasteiger partial charge in [0, 0.05) is 33.4 Å². The van der Waals surface area contributed by atoms with Crippen LogP contribution in [0, 0.1) is 0 Å². The van der Waals surface area contributed by atoms with Gasteiger partial charge in [-0.25, -0.2) is 0 Å². The van der Waals surface area contributed by atoms with E-state index in [0.29, 0.717) is 0 Å². The van der Waals surface area contributed by atoms with E-state index >= 15 is 0 Å². The molecule has 1 heterocycles. The van der Waals surface area contributed by atoms with Crippen LogP contribution in [0.25, 0.3) is 72.0 Å². The Labute approximate surface area is 403 Å². The second kappa shape index (κ2) is 16.7. The summed E-state index contributed by atoms with van der Waals surface area (Å²) >= 11 is 0. The average Bonchev–Trinajstić information content (AvgIpc) is 3.93. The number of benzene rings is 11. The Bertz CT molecular complexity index is 3710. The molecule has 1 aliphatic carbocycles. The summed E-state index contributed by atoms with van der Waals surface area (Å²) in [6.07, 6.45) is 0. The van der Waals surface area contributed by atoms with Crippen molar-refractivity contribution in [3.8, 4) is 50.2 Å². The van der Waals surface area contributed by atoms with Crippen molar-refractivity contribution in [1.82, 2.24) is 4.57 Å². The number of rotatable bonds is 9. The lowest BCUT2D eigenvalue weighted by molar-refractivity contribution is 0.768. The SMILES string of the molecule is c1ccc(-c2cccc(N(c3cccc(-c4ccccc4)c3)c3cccc(-c4ccc5c6ccccc6n(-c6cccc7c6-c6ccccc6C7(c6ccccc6)c6ccccc6)c5c4)c3)c2)cc1. The first-order chi connectivity index (χ1) is 34.2. The smallest absolute Gasteiger partial charge is 0.0714 e. The van der Waals surface area contributed by atoms with Crippen LogP contribution in [0.15, 0.2) is 279 Å². The van der Waals surface area contributed by atoms with E-state index in [4.69, 9.17) is 0 Å². The average molecular weight is 879 g/mol. The Kier molecular flexibility index (Phi) is 9.77. The van der Waals surface area contributed by atoms with E-state index in [2.05, 4.69) is 289 Å². The summed E-state index contributed by atoms with van der Waals surface area (Å²) in [7, 11) is 0. The van der Waals surface area contributed by atoms with E-state index in [1.165, 1.54) is 83.1 Å². The fourth-order valence-electron chi connectivity index (χ4n) is 11.3. The lowest BCUT2D eigenvalue weighted by Crippen LogP contribution is -2.28. The van der Waals surface area contributed by atoms with Crippen molar-refractivity contribution in [2.45, 2.75) is 5.41 Å². The van der Waals surface area contributed by atoms with Gasteiger partial charge < -0.3 is 9.47 Å². The van der Waals surface area contributed by atoms with Crippen LogP contribution in [-0.4, -0.2) is 4.57 Å². The first-order valence-corrected chi connectivity index (χ1v) is 23.8. The fraction of sp³-hybridized carbons (Fsp3) is 0.0149. The lowest BCUT2D eigenvalue weighted by atomic mass is 9.68. The Morgan fingerprint density at radius 3 is 1.32 bits per heavy atom. The Balaban J connectivity index is 1.00. The summed E-state index contributed by atoms with van der Waals surface area (Å²) in [4.78, 5) is 2.40. The van der Waals surface area contributed by atoms with Crippen molar-refractivity contribution in [2.24, 2.45) is 0 Å². The van der Waals surface area contributed by atoms with Crippen molar-refractivity contribution in [2.75, 3.05) is 4.90 Å². The molecule has 0 atom stereocenters. The van der Waals surface area contributed by atoms with Crippen LogP contribution in [0.4, 0.5) is 17.1 Å². The number of para-hydroxylation sites is 1. The highest BCUT2D eigenvalue weighted by Gasteiger charge is 2.47. The minimum Gasteiger partial charge on any atom is -0.310 e. The van der Waals surface area contributed by atoms with Gasteiger partial charge in [-0.2, -0.15) is 0 Å². The molecule has 0 bridgehead atoms. The standard InChI is InChI=1S/C67H46N2/c1-5-21-47(22-6-1)49-25-17-32-55(43-49)68(56-33-18-26-50(44-56)48-23-7-2-8-24-48)57-34-19-27-51(45-57)52-41-42-59-58-35-14-16-39-63(58)69(65(59)46-52)64-40-20-38-62-66(64)60-36-13-15-37-61(60)67(62,53-28-9-3-10-29-53)54-30-11-4-12-31-54/h1-46H. The zero-order chi connectivity index (χ0) is 45.7. The molecule has 0 saturated heterocycles. The van der Waals surface area contributed by atoms with Crippen molar-refractivity contribution in [3.63, 3.8) is 0 Å². The molecule has 0 spiro atoms. The van der Waals surface area contributed by atoms with Gasteiger partial charge in [-0.15, -0.1) is 0 Å². The van der Waals surface area contributed by atoms with Crippen LogP contribution in [0.3, 0.4) is 0 Å². The number of nitrogens with zero attached hydrogens (tertiary/aromatic N) is 2.